The maximum atomic E-state index is 11.9. The molecule has 0 aliphatic carbocycles. The molecule has 4 heteroatoms. The molecule has 94 valence electrons. The van der Waals surface area contributed by atoms with Crippen LogP contribution < -0.4 is 0 Å². The topological polar surface area (TPSA) is 49.8 Å². The molecule has 2 atom stereocenters. The Labute approximate surface area is 97.6 Å². The van der Waals surface area contributed by atoms with Gasteiger partial charge in [-0.25, -0.2) is 0 Å². The predicted molar refractivity (Wildman–Crippen MR) is 62.0 cm³/mol. The highest BCUT2D eigenvalue weighted by molar-refractivity contribution is 5.76. The zero-order valence-corrected chi connectivity index (χ0v) is 10.3. The third kappa shape index (κ3) is 4.10. The van der Waals surface area contributed by atoms with Crippen LogP contribution >= 0.6 is 0 Å². The molecule has 1 fully saturated rings. The van der Waals surface area contributed by atoms with Crippen LogP contribution in [0.3, 0.4) is 0 Å². The van der Waals surface area contributed by atoms with Crippen LogP contribution in [0.4, 0.5) is 0 Å². The molecule has 0 spiro atoms. The molecule has 0 aromatic carbocycles. The van der Waals surface area contributed by atoms with E-state index in [2.05, 4.69) is 0 Å². The van der Waals surface area contributed by atoms with Gasteiger partial charge in [-0.2, -0.15) is 0 Å². The molecule has 1 amide bonds. The van der Waals surface area contributed by atoms with Crippen molar-refractivity contribution in [3.8, 4) is 0 Å². The minimum Gasteiger partial charge on any atom is -0.396 e. The summed E-state index contributed by atoms with van der Waals surface area (Å²) in [4.78, 5) is 13.8. The maximum absolute atomic E-state index is 11.9. The van der Waals surface area contributed by atoms with Gasteiger partial charge in [0.15, 0.2) is 0 Å². The zero-order chi connectivity index (χ0) is 12.0. The molecule has 1 aliphatic heterocycles. The number of carbonyl (C=O) groups excluding carboxylic acids is 1. The van der Waals surface area contributed by atoms with Crippen molar-refractivity contribution in [3.63, 3.8) is 0 Å². The number of amides is 1. The molecule has 0 aromatic rings. The Morgan fingerprint density at radius 1 is 1.62 bits per heavy atom. The van der Waals surface area contributed by atoms with Crippen LogP contribution in [0.5, 0.6) is 0 Å². The van der Waals surface area contributed by atoms with E-state index >= 15 is 0 Å². The molecular formula is C12H23NO3. The van der Waals surface area contributed by atoms with Crippen LogP contribution in [0.1, 0.15) is 26.2 Å². The van der Waals surface area contributed by atoms with Gasteiger partial charge >= 0.3 is 0 Å². The molecule has 1 heterocycles. The zero-order valence-electron chi connectivity index (χ0n) is 10.3. The Kier molecular flexibility index (Phi) is 5.77. The van der Waals surface area contributed by atoms with Gasteiger partial charge in [-0.1, -0.05) is 6.92 Å². The summed E-state index contributed by atoms with van der Waals surface area (Å²) in [5.74, 6) is 0.741. The molecule has 0 bridgehead atoms. The largest absolute Gasteiger partial charge is 0.396 e. The highest BCUT2D eigenvalue weighted by Gasteiger charge is 2.23. The molecule has 2 unspecified atom stereocenters. The van der Waals surface area contributed by atoms with E-state index in [-0.39, 0.29) is 24.3 Å². The summed E-state index contributed by atoms with van der Waals surface area (Å²) in [5, 5.41) is 9.10. The average Bonchev–Trinajstić information content (AvgIpc) is 2.29. The summed E-state index contributed by atoms with van der Waals surface area (Å²) in [5.41, 5.74) is 0. The Bertz CT molecular complexity index is 220. The van der Waals surface area contributed by atoms with E-state index in [9.17, 15) is 4.79 Å². The molecule has 1 aliphatic rings. The van der Waals surface area contributed by atoms with E-state index < -0.39 is 0 Å². The van der Waals surface area contributed by atoms with Crippen LogP contribution in [0.25, 0.3) is 0 Å². The number of carbonyl (C=O) groups is 1. The summed E-state index contributed by atoms with van der Waals surface area (Å²) in [7, 11) is 1.66. The fourth-order valence-corrected chi connectivity index (χ4v) is 2.21. The molecule has 1 N–H and O–H groups in total. The van der Waals surface area contributed by atoms with Gasteiger partial charge < -0.3 is 14.7 Å². The van der Waals surface area contributed by atoms with E-state index in [1.165, 1.54) is 0 Å². The predicted octanol–water partition coefficient (Wildman–Crippen LogP) is 0.890. The normalized spacial score (nSPS) is 23.2. The quantitative estimate of drug-likeness (QED) is 0.761. The van der Waals surface area contributed by atoms with E-state index in [1.54, 1.807) is 7.11 Å². The SMILES string of the molecule is COCC(C)CC(=O)N1CCCC(CO)C1. The minimum absolute atomic E-state index is 0.192. The first-order valence-corrected chi connectivity index (χ1v) is 6.05. The molecule has 16 heavy (non-hydrogen) atoms. The van der Waals surface area contributed by atoms with Crippen molar-refractivity contribution < 1.29 is 14.6 Å². The van der Waals surface area contributed by atoms with Crippen LogP contribution in [0.2, 0.25) is 0 Å². The Morgan fingerprint density at radius 3 is 3.00 bits per heavy atom. The Hall–Kier alpha value is -0.610. The maximum Gasteiger partial charge on any atom is 0.222 e. The number of hydrogen-bond acceptors (Lipinski definition) is 3. The molecule has 0 radical (unpaired) electrons. The molecule has 4 nitrogen and oxygen atoms in total. The van der Waals surface area contributed by atoms with E-state index in [0.29, 0.717) is 13.0 Å². The number of nitrogens with zero attached hydrogens (tertiary/aromatic N) is 1. The average molecular weight is 229 g/mol. The fraction of sp³-hybridized carbons (Fsp3) is 0.917. The number of aliphatic hydroxyl groups excluding tert-OH is 1. The second-order valence-electron chi connectivity index (χ2n) is 4.80. The first kappa shape index (κ1) is 13.5. The number of piperidine rings is 1. The Balaban J connectivity index is 2.35. The molecule has 0 aromatic heterocycles. The van der Waals surface area contributed by atoms with Crippen molar-refractivity contribution in [3.05, 3.63) is 0 Å². The van der Waals surface area contributed by atoms with Crippen molar-refractivity contribution in [1.82, 2.24) is 4.90 Å². The van der Waals surface area contributed by atoms with Gasteiger partial charge in [0, 0.05) is 39.8 Å². The third-order valence-electron chi connectivity index (χ3n) is 3.10. The number of rotatable bonds is 5. The van der Waals surface area contributed by atoms with Gasteiger partial charge in [0.25, 0.3) is 0 Å². The van der Waals surface area contributed by atoms with Crippen LogP contribution in [0, 0.1) is 11.8 Å². The smallest absolute Gasteiger partial charge is 0.222 e. The number of aliphatic hydroxyl groups is 1. The van der Waals surface area contributed by atoms with Crippen LogP contribution in [-0.2, 0) is 9.53 Å². The lowest BCUT2D eigenvalue weighted by Gasteiger charge is -2.32. The number of likely N-dealkylation sites (tertiary alicyclic amines) is 1. The standard InChI is InChI=1S/C12H23NO3/c1-10(9-16-2)6-12(15)13-5-3-4-11(7-13)8-14/h10-11,14H,3-9H2,1-2H3. The van der Waals surface area contributed by atoms with Crippen molar-refractivity contribution in [2.75, 3.05) is 33.4 Å². The van der Waals surface area contributed by atoms with Gasteiger partial charge in [0.1, 0.15) is 0 Å². The summed E-state index contributed by atoms with van der Waals surface area (Å²) in [6.07, 6.45) is 2.59. The van der Waals surface area contributed by atoms with Crippen LogP contribution in [-0.4, -0.2) is 49.3 Å². The van der Waals surface area contributed by atoms with Gasteiger partial charge in [-0.05, 0) is 24.7 Å². The summed E-state index contributed by atoms with van der Waals surface area (Å²) in [6, 6.07) is 0. The van der Waals surface area contributed by atoms with Crippen molar-refractivity contribution in [2.24, 2.45) is 11.8 Å². The summed E-state index contributed by atoms with van der Waals surface area (Å²) >= 11 is 0. The van der Waals surface area contributed by atoms with Gasteiger partial charge in [-0.15, -0.1) is 0 Å². The number of methoxy groups -OCH3 is 1. The second kappa shape index (κ2) is 6.86. The van der Waals surface area contributed by atoms with Crippen LogP contribution in [0.15, 0.2) is 0 Å². The summed E-state index contributed by atoms with van der Waals surface area (Å²) in [6.45, 7) is 4.40. The van der Waals surface area contributed by atoms with Gasteiger partial charge in [0.05, 0.1) is 0 Å². The first-order valence-electron chi connectivity index (χ1n) is 6.05. The number of ether oxygens (including phenoxy) is 1. The highest BCUT2D eigenvalue weighted by atomic mass is 16.5. The summed E-state index contributed by atoms with van der Waals surface area (Å²) < 4.78 is 5.02. The fourth-order valence-electron chi connectivity index (χ4n) is 2.21. The van der Waals surface area contributed by atoms with E-state index in [4.69, 9.17) is 9.84 Å². The van der Waals surface area contributed by atoms with Crippen molar-refractivity contribution in [1.29, 1.82) is 0 Å². The lowest BCUT2D eigenvalue weighted by atomic mass is 9.98. The molecule has 0 saturated carbocycles. The number of hydrogen-bond donors (Lipinski definition) is 1. The van der Waals surface area contributed by atoms with E-state index in [0.717, 1.165) is 25.9 Å². The Morgan fingerprint density at radius 2 is 2.38 bits per heavy atom. The lowest BCUT2D eigenvalue weighted by molar-refractivity contribution is -0.134. The van der Waals surface area contributed by atoms with Gasteiger partial charge in [-0.3, -0.25) is 4.79 Å². The second-order valence-corrected chi connectivity index (χ2v) is 4.80. The van der Waals surface area contributed by atoms with E-state index in [1.807, 2.05) is 11.8 Å². The molecule has 1 rings (SSSR count). The lowest BCUT2D eigenvalue weighted by Crippen LogP contribution is -2.41. The minimum atomic E-state index is 0.192. The van der Waals surface area contributed by atoms with Gasteiger partial charge in [0.2, 0.25) is 5.91 Å². The van der Waals surface area contributed by atoms with Crippen molar-refractivity contribution in [2.45, 2.75) is 26.2 Å². The monoisotopic (exact) mass is 229 g/mol. The third-order valence-corrected chi connectivity index (χ3v) is 3.10. The molecule has 1 saturated heterocycles. The van der Waals surface area contributed by atoms with Crippen molar-refractivity contribution >= 4 is 5.91 Å². The first-order chi connectivity index (χ1) is 7.67. The molecular weight excluding hydrogens is 206 g/mol. The highest BCUT2D eigenvalue weighted by Crippen LogP contribution is 2.17.